The summed E-state index contributed by atoms with van der Waals surface area (Å²) >= 11 is 5.08. The van der Waals surface area contributed by atoms with Crippen LogP contribution in [0.3, 0.4) is 0 Å². The van der Waals surface area contributed by atoms with E-state index in [0.29, 0.717) is 0 Å². The monoisotopic (exact) mass is 416 g/mol. The second-order valence-corrected chi connectivity index (χ2v) is 7.37. The van der Waals surface area contributed by atoms with Crippen LogP contribution in [-0.2, 0) is 10.5 Å². The van der Waals surface area contributed by atoms with E-state index in [4.69, 9.17) is 0 Å². The summed E-state index contributed by atoms with van der Waals surface area (Å²) in [6, 6.07) is 15.9. The van der Waals surface area contributed by atoms with Crippen molar-refractivity contribution in [1.29, 1.82) is 0 Å². The van der Waals surface area contributed by atoms with Gasteiger partial charge in [-0.05, 0) is 42.8 Å². The van der Waals surface area contributed by atoms with Gasteiger partial charge in [-0.15, -0.1) is 10.2 Å². The lowest BCUT2D eigenvalue weighted by Gasteiger charge is -2.10. The molecule has 0 bridgehead atoms. The van der Waals surface area contributed by atoms with E-state index >= 15 is 0 Å². The molecule has 0 aliphatic carbocycles. The maximum atomic E-state index is 11.3. The van der Waals surface area contributed by atoms with Gasteiger partial charge in [0.25, 0.3) is 0 Å². The fraction of sp³-hybridized carbons (Fsp3) is 0.167. The number of anilines is 1. The van der Waals surface area contributed by atoms with Crippen molar-refractivity contribution in [3.8, 4) is 5.69 Å². The molecule has 0 saturated heterocycles. The van der Waals surface area contributed by atoms with Gasteiger partial charge < -0.3 is 5.32 Å². The Balaban J connectivity index is 1.84. The number of rotatable bonds is 5. The zero-order valence-electron chi connectivity index (χ0n) is 13.9. The number of aryl methyl sites for hydroxylation is 1. The number of carbonyl (C=O) groups excluding carboxylic acids is 1. The first-order valence-corrected chi connectivity index (χ1v) is 9.48. The van der Waals surface area contributed by atoms with Crippen LogP contribution in [-0.4, -0.2) is 20.7 Å². The normalized spacial score (nSPS) is 10.7. The smallest absolute Gasteiger partial charge is 0.221 e. The van der Waals surface area contributed by atoms with Crippen LogP contribution in [0, 0.1) is 6.92 Å². The summed E-state index contributed by atoms with van der Waals surface area (Å²) in [5.41, 5.74) is 2.89. The molecule has 0 unspecified atom stereocenters. The third-order valence-electron chi connectivity index (χ3n) is 3.50. The maximum absolute atomic E-state index is 11.3. The molecule has 0 fully saturated rings. The van der Waals surface area contributed by atoms with Crippen LogP contribution in [0.15, 0.2) is 58.2 Å². The first-order chi connectivity index (χ1) is 12.0. The molecule has 1 heterocycles. The highest BCUT2D eigenvalue weighted by molar-refractivity contribution is 9.10. The summed E-state index contributed by atoms with van der Waals surface area (Å²) in [4.78, 5) is 11.3. The van der Waals surface area contributed by atoms with Crippen LogP contribution in [0.5, 0.6) is 0 Å². The first kappa shape index (κ1) is 17.7. The van der Waals surface area contributed by atoms with Gasteiger partial charge >= 0.3 is 0 Å². The molecule has 0 atom stereocenters. The van der Waals surface area contributed by atoms with Crippen LogP contribution < -0.4 is 5.32 Å². The van der Waals surface area contributed by atoms with Crippen molar-refractivity contribution in [3.05, 3.63) is 64.4 Å². The number of aromatic nitrogens is 3. The summed E-state index contributed by atoms with van der Waals surface area (Å²) < 4.78 is 3.06. The van der Waals surface area contributed by atoms with Crippen molar-refractivity contribution >= 4 is 39.3 Å². The average molecular weight is 417 g/mol. The number of hydrogen-bond donors (Lipinski definition) is 1. The molecule has 0 aliphatic heterocycles. The SMILES string of the molecule is CC(=O)Nc1cccc(-n2c(C)nnc2SCc2ccc(Br)cc2)c1. The van der Waals surface area contributed by atoms with E-state index in [2.05, 4.69) is 43.6 Å². The fourth-order valence-electron chi connectivity index (χ4n) is 2.39. The third-order valence-corrected chi connectivity index (χ3v) is 5.03. The number of nitrogens with one attached hydrogen (secondary N) is 1. The summed E-state index contributed by atoms with van der Waals surface area (Å²) in [5, 5.41) is 12.1. The van der Waals surface area contributed by atoms with Gasteiger partial charge in [-0.25, -0.2) is 0 Å². The minimum Gasteiger partial charge on any atom is -0.326 e. The van der Waals surface area contributed by atoms with Gasteiger partial charge in [0.1, 0.15) is 5.82 Å². The molecule has 1 aromatic heterocycles. The summed E-state index contributed by atoms with van der Waals surface area (Å²) in [5.74, 6) is 1.51. The Hall–Kier alpha value is -2.12. The minimum absolute atomic E-state index is 0.0949. The molecule has 25 heavy (non-hydrogen) atoms. The van der Waals surface area contributed by atoms with Crippen molar-refractivity contribution in [1.82, 2.24) is 14.8 Å². The van der Waals surface area contributed by atoms with Crippen LogP contribution in [0.1, 0.15) is 18.3 Å². The molecule has 0 radical (unpaired) electrons. The third kappa shape index (κ3) is 4.49. The number of benzene rings is 2. The summed E-state index contributed by atoms with van der Waals surface area (Å²) in [7, 11) is 0. The fourth-order valence-corrected chi connectivity index (χ4v) is 3.61. The number of carbonyl (C=O) groups is 1. The molecule has 7 heteroatoms. The Kier molecular flexibility index (Phi) is 5.55. The Bertz CT molecular complexity index is 892. The molecular formula is C18H17BrN4OS. The maximum Gasteiger partial charge on any atom is 0.221 e. The van der Waals surface area contributed by atoms with E-state index in [0.717, 1.165) is 32.6 Å². The Morgan fingerprint density at radius 2 is 1.96 bits per heavy atom. The number of thioether (sulfide) groups is 1. The highest BCUT2D eigenvalue weighted by atomic mass is 79.9. The van der Waals surface area contributed by atoms with Crippen LogP contribution in [0.2, 0.25) is 0 Å². The van der Waals surface area contributed by atoms with Gasteiger partial charge in [0, 0.05) is 22.8 Å². The van der Waals surface area contributed by atoms with E-state index in [1.54, 1.807) is 11.8 Å². The van der Waals surface area contributed by atoms with Crippen LogP contribution in [0.25, 0.3) is 5.69 Å². The zero-order valence-corrected chi connectivity index (χ0v) is 16.3. The molecule has 0 aliphatic rings. The Morgan fingerprint density at radius 1 is 1.20 bits per heavy atom. The van der Waals surface area contributed by atoms with Gasteiger partial charge in [0.2, 0.25) is 5.91 Å². The van der Waals surface area contributed by atoms with E-state index < -0.39 is 0 Å². The minimum atomic E-state index is -0.0949. The molecule has 3 rings (SSSR count). The second kappa shape index (κ2) is 7.84. The predicted octanol–water partition coefficient (Wildman–Crippen LogP) is 4.59. The van der Waals surface area contributed by atoms with E-state index in [1.165, 1.54) is 12.5 Å². The topological polar surface area (TPSA) is 59.8 Å². The largest absolute Gasteiger partial charge is 0.326 e. The van der Waals surface area contributed by atoms with Crippen molar-refractivity contribution in [2.45, 2.75) is 24.8 Å². The number of amides is 1. The van der Waals surface area contributed by atoms with E-state index in [9.17, 15) is 4.79 Å². The summed E-state index contributed by atoms with van der Waals surface area (Å²) in [6.07, 6.45) is 0. The lowest BCUT2D eigenvalue weighted by molar-refractivity contribution is -0.114. The molecule has 0 saturated carbocycles. The van der Waals surface area contributed by atoms with Crippen molar-refractivity contribution < 1.29 is 4.79 Å². The van der Waals surface area contributed by atoms with Gasteiger partial charge in [0.05, 0.1) is 5.69 Å². The molecule has 128 valence electrons. The van der Waals surface area contributed by atoms with Crippen LogP contribution in [0.4, 0.5) is 5.69 Å². The van der Waals surface area contributed by atoms with Gasteiger partial charge in [-0.1, -0.05) is 45.9 Å². The van der Waals surface area contributed by atoms with Crippen molar-refractivity contribution in [2.24, 2.45) is 0 Å². The van der Waals surface area contributed by atoms with E-state index in [1.807, 2.05) is 47.9 Å². The van der Waals surface area contributed by atoms with Gasteiger partial charge in [-0.3, -0.25) is 9.36 Å². The highest BCUT2D eigenvalue weighted by Crippen LogP contribution is 2.26. The lowest BCUT2D eigenvalue weighted by Crippen LogP contribution is -2.07. The molecule has 1 N–H and O–H groups in total. The Labute approximate surface area is 159 Å². The Morgan fingerprint density at radius 3 is 2.68 bits per heavy atom. The van der Waals surface area contributed by atoms with Crippen molar-refractivity contribution in [3.63, 3.8) is 0 Å². The molecule has 1 amide bonds. The average Bonchev–Trinajstić information content (AvgIpc) is 2.95. The predicted molar refractivity (Wildman–Crippen MR) is 104 cm³/mol. The first-order valence-electron chi connectivity index (χ1n) is 7.70. The molecule has 2 aromatic carbocycles. The van der Waals surface area contributed by atoms with Crippen LogP contribution >= 0.6 is 27.7 Å². The molecular weight excluding hydrogens is 400 g/mol. The number of nitrogens with zero attached hydrogens (tertiary/aromatic N) is 3. The number of halogens is 1. The molecule has 5 nitrogen and oxygen atoms in total. The molecule has 0 spiro atoms. The lowest BCUT2D eigenvalue weighted by atomic mass is 10.2. The van der Waals surface area contributed by atoms with Crippen molar-refractivity contribution in [2.75, 3.05) is 5.32 Å². The molecule has 3 aromatic rings. The second-order valence-electron chi connectivity index (χ2n) is 5.51. The number of hydrogen-bond acceptors (Lipinski definition) is 4. The summed E-state index contributed by atoms with van der Waals surface area (Å²) in [6.45, 7) is 3.41. The van der Waals surface area contributed by atoms with E-state index in [-0.39, 0.29) is 5.91 Å². The van der Waals surface area contributed by atoms with Gasteiger partial charge in [-0.2, -0.15) is 0 Å². The zero-order chi connectivity index (χ0) is 17.8. The highest BCUT2D eigenvalue weighted by Gasteiger charge is 2.12. The standard InChI is InChI=1S/C18H17BrN4OS/c1-12-21-22-18(25-11-14-6-8-15(19)9-7-14)23(12)17-5-3-4-16(10-17)20-13(2)24/h3-10H,11H2,1-2H3,(H,20,24). The quantitative estimate of drug-likeness (QED) is 0.617. The van der Waals surface area contributed by atoms with Gasteiger partial charge in [0.15, 0.2) is 5.16 Å².